The highest BCUT2D eigenvalue weighted by Gasteiger charge is 2.52. The maximum atomic E-state index is 12.8. The second kappa shape index (κ2) is 5.38. The van der Waals surface area contributed by atoms with Crippen LogP contribution in [-0.2, 0) is 9.59 Å². The van der Waals surface area contributed by atoms with E-state index in [1.165, 1.54) is 0 Å². The first-order valence-corrected chi connectivity index (χ1v) is 7.93. The quantitative estimate of drug-likeness (QED) is 0.859. The molecule has 0 bridgehead atoms. The number of nitrogens with one attached hydrogen (secondary N) is 1. The summed E-state index contributed by atoms with van der Waals surface area (Å²) in [6.07, 6.45) is 4.07. The van der Waals surface area contributed by atoms with Crippen LogP contribution in [0.25, 0.3) is 0 Å². The van der Waals surface area contributed by atoms with Crippen LogP contribution < -0.4 is 5.32 Å². The van der Waals surface area contributed by atoms with Gasteiger partial charge in [-0.3, -0.25) is 9.59 Å². The molecule has 0 aromatic heterocycles. The smallest absolute Gasteiger partial charge is 0.246 e. The lowest BCUT2D eigenvalue weighted by Crippen LogP contribution is -2.67. The number of hydrogen-bond donors (Lipinski definition) is 1. The summed E-state index contributed by atoms with van der Waals surface area (Å²) in [5.74, 6) is 0.742. The molecule has 4 nitrogen and oxygen atoms in total. The third-order valence-corrected chi connectivity index (χ3v) is 4.58. The topological polar surface area (TPSA) is 49.4 Å². The lowest BCUT2D eigenvalue weighted by molar-refractivity contribution is -0.153. The van der Waals surface area contributed by atoms with Gasteiger partial charge in [0.15, 0.2) is 0 Å². The highest BCUT2D eigenvalue weighted by Crippen LogP contribution is 2.42. The van der Waals surface area contributed by atoms with Crippen LogP contribution in [0.1, 0.15) is 60.3 Å². The molecule has 0 aromatic carbocycles. The van der Waals surface area contributed by atoms with Gasteiger partial charge in [0, 0.05) is 6.04 Å². The fourth-order valence-corrected chi connectivity index (χ4v) is 3.35. The molecule has 2 amide bonds. The average molecular weight is 280 g/mol. The number of nitrogens with zero attached hydrogens (tertiary/aromatic N) is 1. The van der Waals surface area contributed by atoms with Gasteiger partial charge in [0.25, 0.3) is 0 Å². The Morgan fingerprint density at radius 3 is 2.40 bits per heavy atom. The number of amides is 2. The van der Waals surface area contributed by atoms with E-state index in [1.807, 2.05) is 32.6 Å². The minimum absolute atomic E-state index is 0.0224. The molecule has 1 heterocycles. The summed E-state index contributed by atoms with van der Waals surface area (Å²) >= 11 is 0. The Balaban J connectivity index is 2.21. The van der Waals surface area contributed by atoms with E-state index >= 15 is 0 Å². The minimum atomic E-state index is -0.388. The van der Waals surface area contributed by atoms with Crippen molar-refractivity contribution in [1.82, 2.24) is 10.2 Å². The normalized spacial score (nSPS) is 34.1. The fourth-order valence-electron chi connectivity index (χ4n) is 3.35. The van der Waals surface area contributed by atoms with Gasteiger partial charge >= 0.3 is 0 Å². The highest BCUT2D eigenvalue weighted by molar-refractivity contribution is 5.97. The Labute approximate surface area is 122 Å². The van der Waals surface area contributed by atoms with E-state index < -0.39 is 0 Å². The van der Waals surface area contributed by atoms with Gasteiger partial charge in [0.2, 0.25) is 11.8 Å². The maximum Gasteiger partial charge on any atom is 0.246 e. The fraction of sp³-hybridized carbons (Fsp3) is 0.875. The molecule has 1 saturated heterocycles. The number of carbonyl (C=O) groups is 2. The van der Waals surface area contributed by atoms with Crippen LogP contribution in [0.3, 0.4) is 0 Å². The van der Waals surface area contributed by atoms with Gasteiger partial charge < -0.3 is 10.2 Å². The Morgan fingerprint density at radius 1 is 1.25 bits per heavy atom. The van der Waals surface area contributed by atoms with Crippen LogP contribution in [-0.4, -0.2) is 34.8 Å². The van der Waals surface area contributed by atoms with Gasteiger partial charge in [-0.1, -0.05) is 41.0 Å². The van der Waals surface area contributed by atoms with E-state index in [9.17, 15) is 9.59 Å². The minimum Gasteiger partial charge on any atom is -0.342 e. The van der Waals surface area contributed by atoms with Crippen molar-refractivity contribution < 1.29 is 9.59 Å². The number of piperazine rings is 1. The van der Waals surface area contributed by atoms with Crippen LogP contribution in [0.2, 0.25) is 0 Å². The molecule has 0 aromatic rings. The molecule has 0 spiro atoms. The van der Waals surface area contributed by atoms with Gasteiger partial charge in [-0.25, -0.2) is 0 Å². The summed E-state index contributed by atoms with van der Waals surface area (Å²) < 4.78 is 0. The molecule has 1 N–H and O–H groups in total. The van der Waals surface area contributed by atoms with Crippen molar-refractivity contribution in [3.05, 3.63) is 0 Å². The van der Waals surface area contributed by atoms with Crippen molar-refractivity contribution in [3.8, 4) is 0 Å². The first kappa shape index (κ1) is 15.3. The summed E-state index contributed by atoms with van der Waals surface area (Å²) in [5.41, 5.74) is -0.237. The predicted octanol–water partition coefficient (Wildman–Crippen LogP) is 2.33. The second-order valence-corrected chi connectivity index (χ2v) is 7.33. The molecule has 4 heteroatoms. The van der Waals surface area contributed by atoms with E-state index in [4.69, 9.17) is 0 Å². The Bertz CT molecular complexity index is 400. The zero-order valence-corrected chi connectivity index (χ0v) is 13.4. The molecule has 114 valence electrons. The van der Waals surface area contributed by atoms with Crippen LogP contribution in [0, 0.1) is 11.3 Å². The van der Waals surface area contributed by atoms with E-state index in [1.54, 1.807) is 0 Å². The number of rotatable bonds is 4. The van der Waals surface area contributed by atoms with Gasteiger partial charge in [-0.15, -0.1) is 0 Å². The Morgan fingerprint density at radius 2 is 1.90 bits per heavy atom. The zero-order valence-electron chi connectivity index (χ0n) is 13.4. The Hall–Kier alpha value is -1.06. The van der Waals surface area contributed by atoms with Crippen LogP contribution in [0.4, 0.5) is 0 Å². The first-order chi connectivity index (χ1) is 9.31. The van der Waals surface area contributed by atoms with Crippen LogP contribution in [0.15, 0.2) is 0 Å². The van der Waals surface area contributed by atoms with Crippen molar-refractivity contribution >= 4 is 11.8 Å². The zero-order chi connectivity index (χ0) is 15.1. The monoisotopic (exact) mass is 280 g/mol. The molecule has 4 atom stereocenters. The average Bonchev–Trinajstić information content (AvgIpc) is 3.09. The highest BCUT2D eigenvalue weighted by atomic mass is 16.2. The summed E-state index contributed by atoms with van der Waals surface area (Å²) in [6.45, 7) is 10.2. The van der Waals surface area contributed by atoms with E-state index in [0.29, 0.717) is 18.4 Å². The molecule has 2 fully saturated rings. The molecule has 0 radical (unpaired) electrons. The molecule has 2 aliphatic rings. The largest absolute Gasteiger partial charge is 0.342 e. The van der Waals surface area contributed by atoms with E-state index in [2.05, 4.69) is 12.2 Å². The van der Waals surface area contributed by atoms with Gasteiger partial charge in [-0.05, 0) is 30.6 Å². The third-order valence-electron chi connectivity index (χ3n) is 4.58. The molecule has 2 rings (SSSR count). The van der Waals surface area contributed by atoms with Gasteiger partial charge in [0.1, 0.15) is 12.1 Å². The van der Waals surface area contributed by atoms with Crippen LogP contribution >= 0.6 is 0 Å². The van der Waals surface area contributed by atoms with Gasteiger partial charge in [-0.2, -0.15) is 0 Å². The van der Waals surface area contributed by atoms with Crippen molar-refractivity contribution in [3.63, 3.8) is 0 Å². The van der Waals surface area contributed by atoms with E-state index in [-0.39, 0.29) is 29.3 Å². The van der Waals surface area contributed by atoms with Crippen molar-refractivity contribution in [2.75, 3.05) is 0 Å². The summed E-state index contributed by atoms with van der Waals surface area (Å²) in [4.78, 5) is 27.1. The third kappa shape index (κ3) is 2.70. The molecular formula is C16H28N2O2. The standard InChI is InChI=1S/C16H28N2O2/c1-6-8-10-9-12(10)18-11(7-2)14(19)17-13(15(18)20)16(3,4)5/h10-13H,6-9H2,1-5H3,(H,17,19). The summed E-state index contributed by atoms with van der Waals surface area (Å²) in [5, 5.41) is 2.94. The lowest BCUT2D eigenvalue weighted by Gasteiger charge is -2.43. The molecule has 4 unspecified atom stereocenters. The molecule has 1 saturated carbocycles. The van der Waals surface area contributed by atoms with Crippen molar-refractivity contribution in [2.45, 2.75) is 78.4 Å². The maximum absolute atomic E-state index is 12.8. The van der Waals surface area contributed by atoms with Crippen molar-refractivity contribution in [1.29, 1.82) is 0 Å². The second-order valence-electron chi connectivity index (χ2n) is 7.33. The number of carbonyl (C=O) groups excluding carboxylic acids is 2. The molecular weight excluding hydrogens is 252 g/mol. The molecule has 1 aliphatic carbocycles. The van der Waals surface area contributed by atoms with Crippen molar-refractivity contribution in [2.24, 2.45) is 11.3 Å². The predicted molar refractivity (Wildman–Crippen MR) is 79.1 cm³/mol. The van der Waals surface area contributed by atoms with E-state index in [0.717, 1.165) is 19.3 Å². The summed E-state index contributed by atoms with van der Waals surface area (Å²) in [6, 6.07) is -0.364. The number of hydrogen-bond acceptors (Lipinski definition) is 2. The SMILES string of the molecule is CCCC1CC1N1C(=O)C(C(C)(C)C)NC(=O)C1CC. The first-order valence-electron chi connectivity index (χ1n) is 7.93. The lowest BCUT2D eigenvalue weighted by atomic mass is 9.83. The molecule has 20 heavy (non-hydrogen) atoms. The Kier molecular flexibility index (Phi) is 4.12. The molecule has 1 aliphatic heterocycles. The van der Waals surface area contributed by atoms with Gasteiger partial charge in [0.05, 0.1) is 0 Å². The van der Waals surface area contributed by atoms with Crippen LogP contribution in [0.5, 0.6) is 0 Å². The summed E-state index contributed by atoms with van der Waals surface area (Å²) in [7, 11) is 0.